The van der Waals surface area contributed by atoms with Crippen molar-refractivity contribution in [2.75, 3.05) is 5.32 Å². The predicted molar refractivity (Wildman–Crippen MR) is 103 cm³/mol. The second-order valence-corrected chi connectivity index (χ2v) is 6.80. The molecular weight excluding hydrogens is 346 g/mol. The van der Waals surface area contributed by atoms with Crippen molar-refractivity contribution < 1.29 is 9.21 Å². The molecule has 0 atom stereocenters. The van der Waals surface area contributed by atoms with Gasteiger partial charge in [-0.25, -0.2) is 4.98 Å². The molecule has 6 heteroatoms. The zero-order chi connectivity index (χ0) is 18.5. The third-order valence-electron chi connectivity index (χ3n) is 3.66. The van der Waals surface area contributed by atoms with Gasteiger partial charge in [0.05, 0.1) is 17.5 Å². The summed E-state index contributed by atoms with van der Waals surface area (Å²) in [6.45, 7) is 3.70. The van der Waals surface area contributed by atoms with Crippen LogP contribution >= 0.6 is 11.3 Å². The van der Waals surface area contributed by atoms with Gasteiger partial charge in [0.2, 0.25) is 5.91 Å². The Balaban J connectivity index is 1.79. The first-order valence-electron chi connectivity index (χ1n) is 8.09. The Morgan fingerprint density at radius 1 is 1.31 bits per heavy atom. The van der Waals surface area contributed by atoms with Crippen molar-refractivity contribution in [2.24, 2.45) is 5.92 Å². The summed E-state index contributed by atoms with van der Waals surface area (Å²) in [7, 11) is 0. The van der Waals surface area contributed by atoms with Crippen LogP contribution in [0, 0.1) is 17.2 Å². The van der Waals surface area contributed by atoms with Crippen molar-refractivity contribution in [3.8, 4) is 17.3 Å². The maximum atomic E-state index is 11.7. The van der Waals surface area contributed by atoms with Crippen molar-refractivity contribution in [3.05, 3.63) is 58.8 Å². The number of carbonyl (C=O) groups excluding carboxylic acids is 1. The summed E-state index contributed by atoms with van der Waals surface area (Å²) < 4.78 is 5.26. The van der Waals surface area contributed by atoms with E-state index < -0.39 is 0 Å². The Hall–Kier alpha value is -3.17. The number of amides is 1. The number of rotatable bonds is 5. The van der Waals surface area contributed by atoms with Gasteiger partial charge in [-0.3, -0.25) is 4.79 Å². The quantitative estimate of drug-likeness (QED) is 0.643. The molecule has 2 aromatic heterocycles. The molecule has 2 heterocycles. The van der Waals surface area contributed by atoms with Gasteiger partial charge in [0.1, 0.15) is 16.8 Å². The van der Waals surface area contributed by atoms with E-state index in [1.807, 2.05) is 43.5 Å². The smallest absolute Gasteiger partial charge is 0.226 e. The third kappa shape index (κ3) is 4.08. The zero-order valence-electron chi connectivity index (χ0n) is 14.4. The Labute approximate surface area is 155 Å². The number of nitrogens with zero attached hydrogens (tertiary/aromatic N) is 2. The minimum absolute atomic E-state index is 0.0181. The van der Waals surface area contributed by atoms with Gasteiger partial charge >= 0.3 is 0 Å². The van der Waals surface area contributed by atoms with E-state index in [9.17, 15) is 10.1 Å². The lowest BCUT2D eigenvalue weighted by Crippen LogP contribution is -2.17. The molecule has 3 rings (SSSR count). The molecule has 0 fully saturated rings. The molecule has 5 nitrogen and oxygen atoms in total. The summed E-state index contributed by atoms with van der Waals surface area (Å²) in [6.07, 6.45) is 3.24. The average Bonchev–Trinajstić information content (AvgIpc) is 3.32. The minimum atomic E-state index is -0.0684. The molecule has 1 amide bonds. The Morgan fingerprint density at radius 2 is 2.08 bits per heavy atom. The van der Waals surface area contributed by atoms with Crippen molar-refractivity contribution in [3.63, 3.8) is 0 Å². The molecule has 0 aliphatic carbocycles. The van der Waals surface area contributed by atoms with E-state index in [4.69, 9.17) is 4.42 Å². The van der Waals surface area contributed by atoms with Crippen LogP contribution in [0.5, 0.6) is 0 Å². The van der Waals surface area contributed by atoms with E-state index in [0.29, 0.717) is 16.3 Å². The third-order valence-corrected chi connectivity index (χ3v) is 4.53. The van der Waals surface area contributed by atoms with E-state index in [1.54, 1.807) is 24.5 Å². The van der Waals surface area contributed by atoms with E-state index in [2.05, 4.69) is 16.4 Å². The molecule has 130 valence electrons. The predicted octanol–water partition coefficient (Wildman–Crippen LogP) is 5.06. The molecule has 1 aromatic carbocycles. The number of benzene rings is 1. The van der Waals surface area contributed by atoms with Crippen LogP contribution in [0.25, 0.3) is 22.9 Å². The lowest BCUT2D eigenvalue weighted by Gasteiger charge is -2.07. The SMILES string of the molecule is CC(C)C(=O)Nc1ccc(-c2csc(C(C#N)=Cc3ccco3)n2)cc1. The first-order valence-corrected chi connectivity index (χ1v) is 8.97. The standard InChI is InChI=1S/C20H17N3O2S/c1-13(2)19(24)22-16-7-5-14(6-8-16)18-12-26-20(23-18)15(11-21)10-17-4-3-9-25-17/h3-10,12-13H,1-2H3,(H,22,24). The molecule has 0 aliphatic heterocycles. The van der Waals surface area contributed by atoms with Gasteiger partial charge in [0.25, 0.3) is 0 Å². The number of hydrogen-bond donors (Lipinski definition) is 1. The van der Waals surface area contributed by atoms with Gasteiger partial charge in [0, 0.05) is 28.6 Å². The summed E-state index contributed by atoms with van der Waals surface area (Å²) in [4.78, 5) is 16.3. The lowest BCUT2D eigenvalue weighted by atomic mass is 10.1. The van der Waals surface area contributed by atoms with Crippen LogP contribution in [0.2, 0.25) is 0 Å². The summed E-state index contributed by atoms with van der Waals surface area (Å²) >= 11 is 1.40. The molecule has 0 unspecified atom stereocenters. The first-order chi connectivity index (χ1) is 12.6. The second-order valence-electron chi connectivity index (χ2n) is 5.94. The number of furan rings is 1. The molecular formula is C20H17N3O2S. The lowest BCUT2D eigenvalue weighted by molar-refractivity contribution is -0.118. The van der Waals surface area contributed by atoms with E-state index in [-0.39, 0.29) is 11.8 Å². The van der Waals surface area contributed by atoms with E-state index in [1.165, 1.54) is 11.3 Å². The van der Waals surface area contributed by atoms with Crippen LogP contribution < -0.4 is 5.32 Å². The van der Waals surface area contributed by atoms with Crippen molar-refractivity contribution >= 4 is 34.6 Å². The molecule has 0 saturated heterocycles. The second kappa shape index (κ2) is 7.81. The van der Waals surface area contributed by atoms with Crippen LogP contribution in [0.3, 0.4) is 0 Å². The van der Waals surface area contributed by atoms with Gasteiger partial charge in [-0.05, 0) is 24.3 Å². The van der Waals surface area contributed by atoms with Crippen molar-refractivity contribution in [2.45, 2.75) is 13.8 Å². The monoisotopic (exact) mass is 363 g/mol. The van der Waals surface area contributed by atoms with Crippen LogP contribution in [-0.4, -0.2) is 10.9 Å². The van der Waals surface area contributed by atoms with Crippen LogP contribution in [-0.2, 0) is 4.79 Å². The summed E-state index contributed by atoms with van der Waals surface area (Å²) in [5.74, 6) is 0.528. The Bertz CT molecular complexity index is 961. The number of anilines is 1. The maximum absolute atomic E-state index is 11.7. The molecule has 0 spiro atoms. The Morgan fingerprint density at radius 3 is 2.69 bits per heavy atom. The fourth-order valence-corrected chi connectivity index (χ4v) is 2.99. The molecule has 26 heavy (non-hydrogen) atoms. The van der Waals surface area contributed by atoms with Crippen LogP contribution in [0.4, 0.5) is 5.69 Å². The minimum Gasteiger partial charge on any atom is -0.465 e. The fraction of sp³-hybridized carbons (Fsp3) is 0.150. The van der Waals surface area contributed by atoms with Crippen LogP contribution in [0.1, 0.15) is 24.6 Å². The number of aromatic nitrogens is 1. The van der Waals surface area contributed by atoms with Gasteiger partial charge in [-0.2, -0.15) is 5.26 Å². The molecule has 0 aliphatic rings. The number of carbonyl (C=O) groups is 1. The first kappa shape index (κ1) is 17.6. The highest BCUT2D eigenvalue weighted by atomic mass is 32.1. The number of thiazole rings is 1. The van der Waals surface area contributed by atoms with Gasteiger partial charge in [-0.15, -0.1) is 11.3 Å². The number of allylic oxidation sites excluding steroid dienone is 1. The maximum Gasteiger partial charge on any atom is 0.226 e. The Kier molecular flexibility index (Phi) is 5.30. The number of nitriles is 1. The van der Waals surface area contributed by atoms with Crippen LogP contribution in [0.15, 0.2) is 52.5 Å². The summed E-state index contributed by atoms with van der Waals surface area (Å²) in [5, 5.41) is 14.8. The summed E-state index contributed by atoms with van der Waals surface area (Å²) in [5.41, 5.74) is 2.91. The average molecular weight is 363 g/mol. The van der Waals surface area contributed by atoms with E-state index in [0.717, 1.165) is 16.9 Å². The van der Waals surface area contributed by atoms with Gasteiger partial charge < -0.3 is 9.73 Å². The molecule has 0 saturated carbocycles. The highest BCUT2D eigenvalue weighted by Gasteiger charge is 2.11. The highest BCUT2D eigenvalue weighted by Crippen LogP contribution is 2.28. The highest BCUT2D eigenvalue weighted by molar-refractivity contribution is 7.11. The van der Waals surface area contributed by atoms with Crippen molar-refractivity contribution in [1.29, 1.82) is 5.26 Å². The molecule has 0 bridgehead atoms. The molecule has 1 N–H and O–H groups in total. The normalized spacial score (nSPS) is 11.4. The molecule has 0 radical (unpaired) electrons. The largest absolute Gasteiger partial charge is 0.465 e. The molecule has 3 aromatic rings. The summed E-state index contributed by atoms with van der Waals surface area (Å²) in [6, 6.07) is 13.2. The number of hydrogen-bond acceptors (Lipinski definition) is 5. The fourth-order valence-electron chi connectivity index (χ4n) is 2.20. The van der Waals surface area contributed by atoms with Gasteiger partial charge in [0.15, 0.2) is 0 Å². The van der Waals surface area contributed by atoms with Crippen molar-refractivity contribution in [1.82, 2.24) is 4.98 Å². The number of nitrogens with one attached hydrogen (secondary N) is 1. The van der Waals surface area contributed by atoms with E-state index >= 15 is 0 Å². The topological polar surface area (TPSA) is 78.9 Å². The van der Waals surface area contributed by atoms with Gasteiger partial charge in [-0.1, -0.05) is 26.0 Å². The zero-order valence-corrected chi connectivity index (χ0v) is 15.2.